The Bertz CT molecular complexity index is 872. The number of rotatable bonds is 3. The smallest absolute Gasteiger partial charge is 0.319 e. The Balaban J connectivity index is 1.37. The van der Waals surface area contributed by atoms with Crippen LogP contribution in [0, 0.1) is 23.5 Å². The van der Waals surface area contributed by atoms with Crippen LogP contribution in [0.1, 0.15) is 38.5 Å². The Kier molecular flexibility index (Phi) is 3.50. The Morgan fingerprint density at radius 2 is 1.96 bits per heavy atom. The van der Waals surface area contributed by atoms with E-state index in [1.807, 2.05) is 0 Å². The van der Waals surface area contributed by atoms with Crippen molar-refractivity contribution in [3.63, 3.8) is 0 Å². The highest BCUT2D eigenvalue weighted by Gasteiger charge is 2.60. The number of halogens is 2. The number of aromatic nitrogens is 4. The van der Waals surface area contributed by atoms with Crippen LogP contribution in [0.4, 0.5) is 19.3 Å². The maximum Gasteiger partial charge on any atom is 0.319 e. The van der Waals surface area contributed by atoms with Crippen LogP contribution in [0.5, 0.6) is 0 Å². The molecule has 0 spiro atoms. The molecular weight excluding hydrogens is 354 g/mol. The largest absolute Gasteiger partial charge is 0.332 e. The first-order valence-corrected chi connectivity index (χ1v) is 9.23. The molecule has 4 bridgehead atoms. The molecule has 2 unspecified atom stereocenters. The molecule has 2 amide bonds. The zero-order valence-corrected chi connectivity index (χ0v) is 14.7. The summed E-state index contributed by atoms with van der Waals surface area (Å²) in [4.78, 5) is 14.3. The highest BCUT2D eigenvalue weighted by molar-refractivity contribution is 5.90. The summed E-state index contributed by atoms with van der Waals surface area (Å²) in [5.74, 6) is -0.471. The van der Waals surface area contributed by atoms with Gasteiger partial charge in [-0.25, -0.2) is 13.6 Å². The first-order chi connectivity index (χ1) is 13.0. The number of nitrogens with one attached hydrogen (secondary N) is 2. The van der Waals surface area contributed by atoms with Gasteiger partial charge >= 0.3 is 6.03 Å². The molecule has 4 fully saturated rings. The third-order valence-corrected chi connectivity index (χ3v) is 6.36. The van der Waals surface area contributed by atoms with Gasteiger partial charge in [0.05, 0.1) is 11.2 Å². The van der Waals surface area contributed by atoms with Crippen molar-refractivity contribution < 1.29 is 13.6 Å². The molecular formula is C18H20F2N6O. The lowest BCUT2D eigenvalue weighted by atomic mass is 9.50. The number of carbonyl (C=O) groups excluding carboxylic acids is 1. The fraction of sp³-hybridized carbons (Fsp3) is 0.556. The molecule has 27 heavy (non-hydrogen) atoms. The van der Waals surface area contributed by atoms with Gasteiger partial charge in [0, 0.05) is 11.6 Å². The van der Waals surface area contributed by atoms with Crippen molar-refractivity contribution >= 4 is 11.7 Å². The van der Waals surface area contributed by atoms with Gasteiger partial charge in [0.2, 0.25) is 0 Å². The van der Waals surface area contributed by atoms with Crippen molar-refractivity contribution in [3.05, 3.63) is 36.2 Å². The summed E-state index contributed by atoms with van der Waals surface area (Å²) < 4.78 is 26.9. The van der Waals surface area contributed by atoms with E-state index in [4.69, 9.17) is 0 Å². The fourth-order valence-electron chi connectivity index (χ4n) is 5.96. The van der Waals surface area contributed by atoms with Crippen molar-refractivity contribution in [2.75, 3.05) is 5.32 Å². The molecule has 9 heteroatoms. The molecule has 4 aliphatic carbocycles. The second kappa shape index (κ2) is 5.71. The van der Waals surface area contributed by atoms with E-state index in [1.54, 1.807) is 4.80 Å². The summed E-state index contributed by atoms with van der Waals surface area (Å²) in [6, 6.07) is 2.63. The van der Waals surface area contributed by atoms with Gasteiger partial charge in [-0.2, -0.15) is 4.80 Å². The second-order valence-corrected chi connectivity index (χ2v) is 8.39. The lowest BCUT2D eigenvalue weighted by molar-refractivity contribution is -0.0796. The van der Waals surface area contributed by atoms with Crippen LogP contribution in [-0.2, 0) is 5.54 Å². The summed E-state index contributed by atoms with van der Waals surface area (Å²) in [5, 5.41) is 17.9. The maximum atomic E-state index is 13.8. The quantitative estimate of drug-likeness (QED) is 0.865. The molecule has 1 aromatic heterocycles. The molecule has 2 atom stereocenters. The number of benzene rings is 1. The summed E-state index contributed by atoms with van der Waals surface area (Å²) in [6.07, 6.45) is 7.15. The van der Waals surface area contributed by atoms with E-state index < -0.39 is 17.7 Å². The molecule has 4 aliphatic rings. The third kappa shape index (κ3) is 2.76. The van der Waals surface area contributed by atoms with Gasteiger partial charge in [0.15, 0.2) is 6.33 Å². The zero-order valence-electron chi connectivity index (χ0n) is 14.7. The second-order valence-electron chi connectivity index (χ2n) is 8.39. The van der Waals surface area contributed by atoms with Crippen molar-refractivity contribution in [1.82, 2.24) is 25.5 Å². The first-order valence-electron chi connectivity index (χ1n) is 9.23. The van der Waals surface area contributed by atoms with Crippen LogP contribution in [0.25, 0.3) is 0 Å². The fourth-order valence-corrected chi connectivity index (χ4v) is 5.96. The molecule has 1 heterocycles. The zero-order chi connectivity index (χ0) is 18.6. The van der Waals surface area contributed by atoms with E-state index in [0.29, 0.717) is 11.8 Å². The van der Waals surface area contributed by atoms with Crippen LogP contribution in [0.3, 0.4) is 0 Å². The number of carbonyl (C=O) groups is 1. The molecule has 142 valence electrons. The Labute approximate surface area is 154 Å². The van der Waals surface area contributed by atoms with Crippen molar-refractivity contribution in [3.8, 4) is 0 Å². The molecule has 0 radical (unpaired) electrons. The molecule has 4 saturated carbocycles. The van der Waals surface area contributed by atoms with Gasteiger partial charge in [0.25, 0.3) is 0 Å². The summed E-state index contributed by atoms with van der Waals surface area (Å²) in [6.45, 7) is 0. The van der Waals surface area contributed by atoms with Gasteiger partial charge in [-0.05, 0) is 67.7 Å². The standard InChI is InChI=1S/C18H20F2N6O/c19-13-1-2-15(14(20)4-13)23-16(27)24-17-5-11-3-12(6-17)8-18(7-11,9-17)26-22-10-21-25-26/h1-2,4,10-12H,3,5-9H2,(H2,23,24,27). The minimum absolute atomic E-state index is 0.0358. The third-order valence-electron chi connectivity index (χ3n) is 6.36. The molecule has 1 aromatic carbocycles. The number of anilines is 1. The normalized spacial score (nSPS) is 33.9. The van der Waals surface area contributed by atoms with Crippen molar-refractivity contribution in [1.29, 1.82) is 0 Å². The summed E-state index contributed by atoms with van der Waals surface area (Å²) in [5.41, 5.74) is -0.612. The van der Waals surface area contributed by atoms with Crippen molar-refractivity contribution in [2.24, 2.45) is 11.8 Å². The van der Waals surface area contributed by atoms with Crippen LogP contribution in [-0.4, -0.2) is 31.8 Å². The molecule has 7 nitrogen and oxygen atoms in total. The van der Waals surface area contributed by atoms with Crippen LogP contribution < -0.4 is 10.6 Å². The van der Waals surface area contributed by atoms with Crippen LogP contribution in [0.15, 0.2) is 24.5 Å². The number of urea groups is 1. The van der Waals surface area contributed by atoms with E-state index in [0.717, 1.165) is 50.7 Å². The number of hydrogen-bond donors (Lipinski definition) is 2. The van der Waals surface area contributed by atoms with E-state index in [1.165, 1.54) is 12.4 Å². The number of amides is 2. The monoisotopic (exact) mass is 374 g/mol. The average Bonchev–Trinajstić information content (AvgIpc) is 3.11. The predicted molar refractivity (Wildman–Crippen MR) is 91.7 cm³/mol. The Morgan fingerprint density at radius 1 is 1.19 bits per heavy atom. The topological polar surface area (TPSA) is 84.7 Å². The van der Waals surface area contributed by atoms with E-state index in [9.17, 15) is 13.6 Å². The predicted octanol–water partition coefficient (Wildman–Crippen LogP) is 2.82. The number of hydrogen-bond acceptors (Lipinski definition) is 4. The van der Waals surface area contributed by atoms with Crippen LogP contribution in [0.2, 0.25) is 0 Å². The Morgan fingerprint density at radius 3 is 2.63 bits per heavy atom. The summed E-state index contributed by atoms with van der Waals surface area (Å²) in [7, 11) is 0. The minimum Gasteiger partial charge on any atom is -0.332 e. The first kappa shape index (κ1) is 16.6. The highest BCUT2D eigenvalue weighted by Crippen LogP contribution is 2.60. The lowest BCUT2D eigenvalue weighted by Crippen LogP contribution is -2.66. The van der Waals surface area contributed by atoms with Gasteiger partial charge in [-0.3, -0.25) is 0 Å². The van der Waals surface area contributed by atoms with E-state index in [2.05, 4.69) is 26.0 Å². The van der Waals surface area contributed by atoms with E-state index in [-0.39, 0.29) is 16.8 Å². The van der Waals surface area contributed by atoms with Gasteiger partial charge < -0.3 is 10.6 Å². The highest BCUT2D eigenvalue weighted by atomic mass is 19.1. The summed E-state index contributed by atoms with van der Waals surface area (Å²) >= 11 is 0. The minimum atomic E-state index is -0.793. The molecule has 6 rings (SSSR count). The molecule has 0 aliphatic heterocycles. The van der Waals surface area contributed by atoms with Crippen LogP contribution >= 0.6 is 0 Å². The maximum absolute atomic E-state index is 13.8. The number of nitrogens with zero attached hydrogens (tertiary/aromatic N) is 4. The number of tetrazole rings is 1. The molecule has 2 N–H and O–H groups in total. The molecule has 0 saturated heterocycles. The van der Waals surface area contributed by atoms with E-state index >= 15 is 0 Å². The van der Waals surface area contributed by atoms with Gasteiger partial charge in [-0.15, -0.1) is 10.2 Å². The lowest BCUT2D eigenvalue weighted by Gasteiger charge is -2.61. The van der Waals surface area contributed by atoms with Gasteiger partial charge in [0.1, 0.15) is 11.6 Å². The SMILES string of the molecule is O=C(Nc1ccc(F)cc1F)NC12CC3CC(C1)CC(n1ncnn1)(C3)C2. The molecule has 2 aromatic rings. The van der Waals surface area contributed by atoms with Crippen molar-refractivity contribution in [2.45, 2.75) is 49.6 Å². The van der Waals surface area contributed by atoms with Gasteiger partial charge in [-0.1, -0.05) is 0 Å². The Hall–Kier alpha value is -2.58. The average molecular weight is 374 g/mol.